The number of nitrogens with zero attached hydrogens (tertiary/aromatic N) is 1. The predicted octanol–water partition coefficient (Wildman–Crippen LogP) is 4.02. The Morgan fingerprint density at radius 1 is 1.24 bits per heavy atom. The highest BCUT2D eigenvalue weighted by molar-refractivity contribution is 14.0. The second-order valence-corrected chi connectivity index (χ2v) is 5.19. The Morgan fingerprint density at radius 2 is 1.88 bits per heavy atom. The van der Waals surface area contributed by atoms with Crippen molar-refractivity contribution >= 4 is 29.9 Å². The number of guanidine groups is 1. The lowest BCUT2D eigenvalue weighted by molar-refractivity contribution is -0.274. The molecule has 0 unspecified atom stereocenters. The molecule has 0 saturated carbocycles. The molecule has 0 amide bonds. The van der Waals surface area contributed by atoms with E-state index in [1.807, 2.05) is 19.9 Å². The summed E-state index contributed by atoms with van der Waals surface area (Å²) in [7, 11) is 0. The van der Waals surface area contributed by atoms with E-state index in [0.29, 0.717) is 12.1 Å². The third kappa shape index (κ3) is 7.24. The number of ether oxygens (including phenoxy) is 1. The smallest absolute Gasteiger partial charge is 0.466 e. The lowest BCUT2D eigenvalue weighted by Crippen LogP contribution is -2.31. The number of benzene rings is 1. The molecule has 0 aliphatic heterocycles. The Kier molecular flexibility index (Phi) is 7.59. The first kappa shape index (κ1) is 21.1. The Hall–Kier alpha value is -1.91. The molecule has 0 spiro atoms. The van der Waals surface area contributed by atoms with Crippen molar-refractivity contribution in [2.24, 2.45) is 10.7 Å². The van der Waals surface area contributed by atoms with E-state index < -0.39 is 6.36 Å². The Morgan fingerprint density at radius 3 is 2.40 bits per heavy atom. The van der Waals surface area contributed by atoms with Crippen LogP contribution >= 0.6 is 24.0 Å². The van der Waals surface area contributed by atoms with Gasteiger partial charge in [0, 0.05) is 12.1 Å². The third-order valence-electron chi connectivity index (χ3n) is 3.19. The summed E-state index contributed by atoms with van der Waals surface area (Å²) in [5.74, 6) is 1.60. The van der Waals surface area contributed by atoms with Gasteiger partial charge in [-0.15, -0.1) is 37.1 Å². The number of furan rings is 1. The molecule has 0 bridgehead atoms. The number of nitrogens with two attached hydrogens (primary N) is 1. The van der Waals surface area contributed by atoms with Gasteiger partial charge < -0.3 is 20.2 Å². The van der Waals surface area contributed by atoms with Crippen LogP contribution in [-0.2, 0) is 13.1 Å². The molecule has 25 heavy (non-hydrogen) atoms. The van der Waals surface area contributed by atoms with Crippen LogP contribution in [0.15, 0.2) is 39.7 Å². The molecule has 0 fully saturated rings. The van der Waals surface area contributed by atoms with E-state index in [2.05, 4.69) is 15.0 Å². The highest BCUT2D eigenvalue weighted by Gasteiger charge is 2.30. The molecular formula is C16H19F3IN3O2. The van der Waals surface area contributed by atoms with Crippen LogP contribution in [0.1, 0.15) is 22.6 Å². The van der Waals surface area contributed by atoms with Crippen molar-refractivity contribution in [3.05, 3.63) is 53.0 Å². The first-order valence-corrected chi connectivity index (χ1v) is 7.17. The number of hydrogen-bond donors (Lipinski definition) is 2. The van der Waals surface area contributed by atoms with Gasteiger partial charge in [0.15, 0.2) is 5.96 Å². The molecule has 1 aromatic carbocycles. The topological polar surface area (TPSA) is 72.8 Å². The number of rotatable bonds is 5. The molecule has 138 valence electrons. The molecule has 2 rings (SSSR count). The van der Waals surface area contributed by atoms with E-state index >= 15 is 0 Å². The van der Waals surface area contributed by atoms with E-state index in [0.717, 1.165) is 17.1 Å². The van der Waals surface area contributed by atoms with Gasteiger partial charge in [0.1, 0.15) is 17.3 Å². The maximum atomic E-state index is 12.1. The maximum absolute atomic E-state index is 12.1. The Labute approximate surface area is 160 Å². The average Bonchev–Trinajstić information content (AvgIpc) is 2.81. The number of alkyl halides is 3. The first-order valence-electron chi connectivity index (χ1n) is 7.17. The predicted molar refractivity (Wildman–Crippen MR) is 98.9 cm³/mol. The van der Waals surface area contributed by atoms with Crippen molar-refractivity contribution in [1.29, 1.82) is 0 Å². The summed E-state index contributed by atoms with van der Waals surface area (Å²) in [6, 6.07) is 7.39. The summed E-state index contributed by atoms with van der Waals surface area (Å²) in [5, 5.41) is 2.96. The molecule has 3 N–H and O–H groups in total. The molecule has 0 radical (unpaired) electrons. The molecule has 5 nitrogen and oxygen atoms in total. The monoisotopic (exact) mass is 469 g/mol. The van der Waals surface area contributed by atoms with Gasteiger partial charge >= 0.3 is 6.36 Å². The lowest BCUT2D eigenvalue weighted by atomic mass is 10.2. The molecule has 0 aliphatic rings. The van der Waals surface area contributed by atoms with E-state index in [9.17, 15) is 13.2 Å². The van der Waals surface area contributed by atoms with Crippen LogP contribution in [0.2, 0.25) is 0 Å². The zero-order valence-corrected chi connectivity index (χ0v) is 16.0. The Balaban J connectivity index is 0.00000312. The van der Waals surface area contributed by atoms with Crippen LogP contribution in [0.3, 0.4) is 0 Å². The van der Waals surface area contributed by atoms with Gasteiger partial charge in [-0.3, -0.25) is 0 Å². The highest BCUT2D eigenvalue weighted by atomic mass is 127. The van der Waals surface area contributed by atoms with Gasteiger partial charge in [-0.2, -0.15) is 0 Å². The van der Waals surface area contributed by atoms with Gasteiger partial charge in [-0.05, 0) is 37.6 Å². The van der Waals surface area contributed by atoms with Crippen molar-refractivity contribution in [3.8, 4) is 5.75 Å². The minimum Gasteiger partial charge on any atom is -0.466 e. The molecule has 9 heteroatoms. The molecule has 0 atom stereocenters. The molecule has 2 aromatic rings. The van der Waals surface area contributed by atoms with E-state index in [1.165, 1.54) is 24.3 Å². The summed E-state index contributed by atoms with van der Waals surface area (Å²) in [6.45, 7) is 4.45. The van der Waals surface area contributed by atoms with Crippen molar-refractivity contribution in [2.45, 2.75) is 33.3 Å². The second-order valence-electron chi connectivity index (χ2n) is 5.19. The normalized spacial score (nSPS) is 11.8. The second kappa shape index (κ2) is 8.97. The summed E-state index contributed by atoms with van der Waals surface area (Å²) in [4.78, 5) is 4.14. The standard InChI is InChI=1S/C16H18F3N3O2.HI/c1-10-7-13(11(2)23-10)9-22-15(20)21-8-12-3-5-14(6-4-12)24-16(17,18)19;/h3-7H,8-9H2,1-2H3,(H3,20,21,22);1H. The number of aliphatic imine (C=N–C) groups is 1. The fourth-order valence-corrected chi connectivity index (χ4v) is 2.07. The van der Waals surface area contributed by atoms with Gasteiger partial charge in [0.2, 0.25) is 0 Å². The van der Waals surface area contributed by atoms with Crippen LogP contribution in [0, 0.1) is 13.8 Å². The van der Waals surface area contributed by atoms with Gasteiger partial charge in [0.05, 0.1) is 6.54 Å². The zero-order valence-electron chi connectivity index (χ0n) is 13.7. The minimum atomic E-state index is -4.70. The van der Waals surface area contributed by atoms with Gasteiger partial charge in [0.25, 0.3) is 0 Å². The number of aryl methyl sites for hydroxylation is 2. The fourth-order valence-electron chi connectivity index (χ4n) is 2.07. The van der Waals surface area contributed by atoms with Crippen LogP contribution in [0.5, 0.6) is 5.75 Å². The average molecular weight is 469 g/mol. The van der Waals surface area contributed by atoms with Gasteiger partial charge in [-0.25, -0.2) is 4.99 Å². The summed E-state index contributed by atoms with van der Waals surface area (Å²) in [5.41, 5.74) is 7.47. The van der Waals surface area contributed by atoms with Crippen molar-refractivity contribution in [3.63, 3.8) is 0 Å². The molecule has 0 saturated heterocycles. The summed E-state index contributed by atoms with van der Waals surface area (Å²) >= 11 is 0. The Bertz CT molecular complexity index is 712. The molecule has 1 aromatic heterocycles. The third-order valence-corrected chi connectivity index (χ3v) is 3.19. The fraction of sp³-hybridized carbons (Fsp3) is 0.312. The summed E-state index contributed by atoms with van der Waals surface area (Å²) < 4.78 is 45.4. The summed E-state index contributed by atoms with van der Waals surface area (Å²) in [6.07, 6.45) is -4.70. The largest absolute Gasteiger partial charge is 0.573 e. The van der Waals surface area contributed by atoms with E-state index in [1.54, 1.807) is 0 Å². The SMILES string of the molecule is Cc1cc(CNC(N)=NCc2ccc(OC(F)(F)F)cc2)c(C)o1.I. The highest BCUT2D eigenvalue weighted by Crippen LogP contribution is 2.22. The molecular weight excluding hydrogens is 450 g/mol. The van der Waals surface area contributed by atoms with Gasteiger partial charge in [-0.1, -0.05) is 12.1 Å². The number of halogens is 4. The van der Waals surface area contributed by atoms with E-state index in [4.69, 9.17) is 10.2 Å². The van der Waals surface area contributed by atoms with Crippen molar-refractivity contribution in [1.82, 2.24) is 5.32 Å². The molecule has 0 aliphatic carbocycles. The number of hydrogen-bond acceptors (Lipinski definition) is 3. The molecule has 1 heterocycles. The van der Waals surface area contributed by atoms with E-state index in [-0.39, 0.29) is 42.2 Å². The zero-order chi connectivity index (χ0) is 17.7. The van der Waals surface area contributed by atoms with Crippen LogP contribution < -0.4 is 15.8 Å². The van der Waals surface area contributed by atoms with Crippen LogP contribution in [0.25, 0.3) is 0 Å². The first-order chi connectivity index (χ1) is 11.2. The van der Waals surface area contributed by atoms with Crippen molar-refractivity contribution in [2.75, 3.05) is 0 Å². The number of nitrogens with one attached hydrogen (secondary N) is 1. The minimum absolute atomic E-state index is 0. The maximum Gasteiger partial charge on any atom is 0.573 e. The lowest BCUT2D eigenvalue weighted by Gasteiger charge is -2.09. The van der Waals surface area contributed by atoms with Crippen LogP contribution in [-0.4, -0.2) is 12.3 Å². The van der Waals surface area contributed by atoms with Crippen molar-refractivity contribution < 1.29 is 22.3 Å². The quantitative estimate of drug-likeness (QED) is 0.395. The van der Waals surface area contributed by atoms with Crippen LogP contribution in [0.4, 0.5) is 13.2 Å².